The van der Waals surface area contributed by atoms with Crippen LogP contribution in [0.4, 0.5) is 4.79 Å². The molecule has 1 aromatic heterocycles. The van der Waals surface area contributed by atoms with E-state index in [0.29, 0.717) is 12.6 Å². The van der Waals surface area contributed by atoms with Crippen LogP contribution in [0.25, 0.3) is 0 Å². The minimum atomic E-state index is -0.113. The first-order chi connectivity index (χ1) is 7.16. The van der Waals surface area contributed by atoms with Gasteiger partial charge in [0, 0.05) is 18.2 Å². The Kier molecular flexibility index (Phi) is 2.62. The molecule has 1 aliphatic carbocycles. The lowest BCUT2D eigenvalue weighted by Gasteiger charge is -2.05. The molecule has 0 atom stereocenters. The summed E-state index contributed by atoms with van der Waals surface area (Å²) in [6, 6.07) is 0.271. The highest BCUT2D eigenvalue weighted by atomic mass is 16.5. The predicted molar refractivity (Wildman–Crippen MR) is 54.4 cm³/mol. The minimum Gasteiger partial charge on any atom is -0.361 e. The van der Waals surface area contributed by atoms with Gasteiger partial charge in [0.25, 0.3) is 0 Å². The smallest absolute Gasteiger partial charge is 0.315 e. The zero-order valence-corrected chi connectivity index (χ0v) is 8.96. The van der Waals surface area contributed by atoms with Gasteiger partial charge >= 0.3 is 6.03 Å². The van der Waals surface area contributed by atoms with Crippen LogP contribution >= 0.6 is 0 Å². The zero-order chi connectivity index (χ0) is 10.8. The number of carbonyl (C=O) groups is 1. The van der Waals surface area contributed by atoms with Crippen LogP contribution in [0.5, 0.6) is 0 Å². The second-order valence-corrected chi connectivity index (χ2v) is 3.90. The third-order valence-corrected chi connectivity index (χ3v) is 2.52. The number of urea groups is 1. The molecule has 2 amide bonds. The van der Waals surface area contributed by atoms with E-state index in [2.05, 4.69) is 15.8 Å². The van der Waals surface area contributed by atoms with E-state index in [-0.39, 0.29) is 6.03 Å². The Bertz CT molecular complexity index is 349. The van der Waals surface area contributed by atoms with Crippen molar-refractivity contribution in [1.82, 2.24) is 15.8 Å². The van der Waals surface area contributed by atoms with Gasteiger partial charge in [-0.15, -0.1) is 0 Å². The van der Waals surface area contributed by atoms with E-state index in [9.17, 15) is 4.79 Å². The van der Waals surface area contributed by atoms with Crippen LogP contribution in [0.15, 0.2) is 4.52 Å². The Hall–Kier alpha value is -1.52. The Morgan fingerprint density at radius 2 is 2.27 bits per heavy atom. The molecule has 0 aromatic carbocycles. The summed E-state index contributed by atoms with van der Waals surface area (Å²) in [5.41, 5.74) is 1.79. The van der Waals surface area contributed by atoms with E-state index < -0.39 is 0 Å². The number of carbonyl (C=O) groups excluding carboxylic acids is 1. The minimum absolute atomic E-state index is 0.113. The van der Waals surface area contributed by atoms with Gasteiger partial charge in [0.1, 0.15) is 5.76 Å². The van der Waals surface area contributed by atoms with E-state index in [0.717, 1.165) is 29.9 Å². The molecule has 1 aromatic rings. The molecule has 0 saturated heterocycles. The summed E-state index contributed by atoms with van der Waals surface area (Å²) in [4.78, 5) is 11.3. The van der Waals surface area contributed by atoms with Gasteiger partial charge in [-0.3, -0.25) is 0 Å². The molecule has 0 radical (unpaired) electrons. The number of hydrogen-bond donors (Lipinski definition) is 2. The van der Waals surface area contributed by atoms with Gasteiger partial charge in [0.15, 0.2) is 0 Å². The lowest BCUT2D eigenvalue weighted by atomic mass is 10.2. The third kappa shape index (κ3) is 2.49. The molecule has 0 spiro atoms. The van der Waals surface area contributed by atoms with E-state index in [4.69, 9.17) is 4.52 Å². The van der Waals surface area contributed by atoms with Gasteiger partial charge in [-0.25, -0.2) is 4.79 Å². The Morgan fingerprint density at radius 1 is 1.53 bits per heavy atom. The van der Waals surface area contributed by atoms with E-state index in [1.165, 1.54) is 0 Å². The Balaban J connectivity index is 1.83. The molecule has 0 bridgehead atoms. The van der Waals surface area contributed by atoms with Crippen LogP contribution < -0.4 is 10.6 Å². The topological polar surface area (TPSA) is 67.2 Å². The van der Waals surface area contributed by atoms with Crippen LogP contribution in [0.2, 0.25) is 0 Å². The average Bonchev–Trinajstić information content (AvgIpc) is 2.93. The van der Waals surface area contributed by atoms with Crippen molar-refractivity contribution in [2.24, 2.45) is 0 Å². The monoisotopic (exact) mass is 209 g/mol. The first-order valence-electron chi connectivity index (χ1n) is 5.13. The highest BCUT2D eigenvalue weighted by Gasteiger charge is 2.23. The summed E-state index contributed by atoms with van der Waals surface area (Å²) in [7, 11) is 0. The maximum Gasteiger partial charge on any atom is 0.315 e. The number of rotatable bonds is 3. The van der Waals surface area contributed by atoms with E-state index in [1.807, 2.05) is 13.8 Å². The summed E-state index contributed by atoms with van der Waals surface area (Å²) >= 11 is 0. The van der Waals surface area contributed by atoms with Crippen LogP contribution in [0.1, 0.15) is 29.9 Å². The van der Waals surface area contributed by atoms with Gasteiger partial charge in [-0.05, 0) is 26.7 Å². The quantitative estimate of drug-likeness (QED) is 0.787. The zero-order valence-electron chi connectivity index (χ0n) is 8.96. The second kappa shape index (κ2) is 3.92. The van der Waals surface area contributed by atoms with Crippen LogP contribution in [-0.4, -0.2) is 17.2 Å². The summed E-state index contributed by atoms with van der Waals surface area (Å²) in [5.74, 6) is 0.763. The summed E-state index contributed by atoms with van der Waals surface area (Å²) in [6.07, 6.45) is 2.19. The molecular formula is C10H15N3O2. The number of hydrogen-bond acceptors (Lipinski definition) is 3. The van der Waals surface area contributed by atoms with Crippen molar-refractivity contribution in [3.63, 3.8) is 0 Å². The molecule has 15 heavy (non-hydrogen) atoms. The molecule has 1 saturated carbocycles. The van der Waals surface area contributed by atoms with Gasteiger partial charge in [-0.1, -0.05) is 5.16 Å². The fraction of sp³-hybridized carbons (Fsp3) is 0.600. The highest BCUT2D eigenvalue weighted by Crippen LogP contribution is 2.18. The number of aryl methyl sites for hydroxylation is 2. The molecular weight excluding hydrogens is 194 g/mol. The molecule has 0 unspecified atom stereocenters. The second-order valence-electron chi connectivity index (χ2n) is 3.90. The van der Waals surface area contributed by atoms with Gasteiger partial charge in [-0.2, -0.15) is 0 Å². The highest BCUT2D eigenvalue weighted by molar-refractivity contribution is 5.74. The van der Waals surface area contributed by atoms with Crippen molar-refractivity contribution >= 4 is 6.03 Å². The molecule has 82 valence electrons. The third-order valence-electron chi connectivity index (χ3n) is 2.52. The maximum atomic E-state index is 11.3. The molecule has 5 nitrogen and oxygen atoms in total. The van der Waals surface area contributed by atoms with Crippen molar-refractivity contribution in [1.29, 1.82) is 0 Å². The molecule has 1 aliphatic rings. The van der Waals surface area contributed by atoms with Gasteiger partial charge in [0.2, 0.25) is 0 Å². The van der Waals surface area contributed by atoms with E-state index in [1.54, 1.807) is 0 Å². The number of aromatic nitrogens is 1. The van der Waals surface area contributed by atoms with Crippen molar-refractivity contribution in [2.75, 3.05) is 0 Å². The fourth-order valence-electron chi connectivity index (χ4n) is 1.39. The summed E-state index contributed by atoms with van der Waals surface area (Å²) < 4.78 is 5.00. The van der Waals surface area contributed by atoms with Crippen LogP contribution in [-0.2, 0) is 6.54 Å². The molecule has 2 N–H and O–H groups in total. The van der Waals surface area contributed by atoms with E-state index >= 15 is 0 Å². The Morgan fingerprint density at radius 3 is 2.80 bits per heavy atom. The summed E-state index contributed by atoms with van der Waals surface area (Å²) in [5, 5.41) is 9.46. The average molecular weight is 209 g/mol. The van der Waals surface area contributed by atoms with Crippen molar-refractivity contribution in [3.05, 3.63) is 17.0 Å². The largest absolute Gasteiger partial charge is 0.361 e. The van der Waals surface area contributed by atoms with Gasteiger partial charge < -0.3 is 15.2 Å². The predicted octanol–water partition coefficient (Wildman–Crippen LogP) is 1.25. The molecule has 5 heteroatoms. The first-order valence-corrected chi connectivity index (χ1v) is 5.13. The van der Waals surface area contributed by atoms with Crippen molar-refractivity contribution in [3.8, 4) is 0 Å². The number of nitrogens with zero attached hydrogens (tertiary/aromatic N) is 1. The molecule has 2 rings (SSSR count). The van der Waals surface area contributed by atoms with Crippen molar-refractivity contribution in [2.45, 2.75) is 39.3 Å². The Labute approximate surface area is 88.2 Å². The van der Waals surface area contributed by atoms with Crippen molar-refractivity contribution < 1.29 is 9.32 Å². The SMILES string of the molecule is Cc1noc(C)c1CNC(=O)NC1CC1. The lowest BCUT2D eigenvalue weighted by Crippen LogP contribution is -2.36. The number of amides is 2. The normalized spacial score (nSPS) is 15.1. The molecule has 1 fully saturated rings. The molecule has 1 heterocycles. The lowest BCUT2D eigenvalue weighted by molar-refractivity contribution is 0.240. The van der Waals surface area contributed by atoms with Crippen LogP contribution in [0, 0.1) is 13.8 Å². The standard InChI is InChI=1S/C10H15N3O2/c1-6-9(7(2)15-13-6)5-11-10(14)12-8-3-4-8/h8H,3-5H2,1-2H3,(H2,11,12,14). The van der Waals surface area contributed by atoms with Crippen LogP contribution in [0.3, 0.4) is 0 Å². The fourth-order valence-corrected chi connectivity index (χ4v) is 1.39. The van der Waals surface area contributed by atoms with Gasteiger partial charge in [0.05, 0.1) is 5.69 Å². The first kappa shape index (κ1) is 10.0. The maximum absolute atomic E-state index is 11.3. The number of nitrogens with one attached hydrogen (secondary N) is 2. The molecule has 0 aliphatic heterocycles. The summed E-state index contributed by atoms with van der Waals surface area (Å²) in [6.45, 7) is 4.18.